The van der Waals surface area contributed by atoms with E-state index in [9.17, 15) is 14.4 Å². The van der Waals surface area contributed by atoms with Crippen molar-refractivity contribution < 1.29 is 14.4 Å². The lowest BCUT2D eigenvalue weighted by Gasteiger charge is -2.37. The van der Waals surface area contributed by atoms with Gasteiger partial charge in [-0.2, -0.15) is 0 Å². The molecule has 2 aliphatic rings. The van der Waals surface area contributed by atoms with Crippen LogP contribution in [0.15, 0.2) is 24.3 Å². The van der Waals surface area contributed by atoms with Crippen molar-refractivity contribution in [2.75, 3.05) is 32.7 Å². The topological polar surface area (TPSA) is 60.9 Å². The minimum Gasteiger partial charge on any atom is -0.341 e. The van der Waals surface area contributed by atoms with Gasteiger partial charge in [-0.3, -0.25) is 14.4 Å². The highest BCUT2D eigenvalue weighted by Crippen LogP contribution is 2.32. The highest BCUT2D eigenvalue weighted by molar-refractivity contribution is 5.80. The Hall–Kier alpha value is -2.37. The monoisotopic (exact) mass is 371 g/mol. The summed E-state index contributed by atoms with van der Waals surface area (Å²) < 4.78 is 0. The molecule has 0 bridgehead atoms. The molecule has 6 nitrogen and oxygen atoms in total. The fraction of sp³-hybridized carbons (Fsp3) is 0.571. The Morgan fingerprint density at radius 1 is 0.963 bits per heavy atom. The van der Waals surface area contributed by atoms with E-state index < -0.39 is 0 Å². The van der Waals surface area contributed by atoms with Gasteiger partial charge in [0, 0.05) is 46.1 Å². The predicted molar refractivity (Wildman–Crippen MR) is 103 cm³/mol. The fourth-order valence-corrected chi connectivity index (χ4v) is 4.18. The van der Waals surface area contributed by atoms with Gasteiger partial charge in [-0.05, 0) is 24.0 Å². The zero-order valence-corrected chi connectivity index (χ0v) is 16.3. The summed E-state index contributed by atoms with van der Waals surface area (Å²) in [5, 5.41) is 0. The number of fused-ring (bicyclic) bond motifs is 1. The second-order valence-electron chi connectivity index (χ2n) is 7.35. The summed E-state index contributed by atoms with van der Waals surface area (Å²) in [6.07, 6.45) is 2.44. The summed E-state index contributed by atoms with van der Waals surface area (Å²) in [6.45, 7) is 6.64. The first-order chi connectivity index (χ1) is 13.0. The number of rotatable bonds is 3. The first-order valence-corrected chi connectivity index (χ1v) is 9.91. The molecule has 1 atom stereocenters. The molecule has 2 heterocycles. The highest BCUT2D eigenvalue weighted by atomic mass is 16.2. The van der Waals surface area contributed by atoms with Crippen LogP contribution in [0.2, 0.25) is 0 Å². The van der Waals surface area contributed by atoms with Crippen LogP contribution in [0.1, 0.15) is 50.3 Å². The minimum atomic E-state index is -0.198. The molecule has 27 heavy (non-hydrogen) atoms. The normalized spacial score (nSPS) is 20.1. The molecule has 0 spiro atoms. The Morgan fingerprint density at radius 2 is 1.63 bits per heavy atom. The third kappa shape index (κ3) is 4.31. The minimum absolute atomic E-state index is 0.0119. The molecule has 3 rings (SSSR count). The number of carbonyl (C=O) groups is 3. The number of hydrogen-bond donors (Lipinski definition) is 0. The van der Waals surface area contributed by atoms with Crippen molar-refractivity contribution in [1.82, 2.24) is 14.7 Å². The zero-order valence-electron chi connectivity index (χ0n) is 16.3. The van der Waals surface area contributed by atoms with Crippen LogP contribution in [0.5, 0.6) is 0 Å². The van der Waals surface area contributed by atoms with Gasteiger partial charge in [0.25, 0.3) is 0 Å². The third-order valence-electron chi connectivity index (χ3n) is 5.69. The Morgan fingerprint density at radius 3 is 2.30 bits per heavy atom. The van der Waals surface area contributed by atoms with Crippen molar-refractivity contribution >= 4 is 17.7 Å². The average Bonchev–Trinajstić information content (AvgIpc) is 2.93. The lowest BCUT2D eigenvalue weighted by atomic mass is 9.90. The van der Waals surface area contributed by atoms with Gasteiger partial charge in [0.2, 0.25) is 17.7 Å². The molecule has 1 fully saturated rings. The van der Waals surface area contributed by atoms with Crippen LogP contribution in [-0.4, -0.2) is 65.1 Å². The maximum absolute atomic E-state index is 13.0. The first-order valence-electron chi connectivity index (χ1n) is 9.91. The Kier molecular flexibility index (Phi) is 6.14. The second-order valence-corrected chi connectivity index (χ2v) is 7.35. The molecule has 0 N–H and O–H groups in total. The van der Waals surface area contributed by atoms with Crippen LogP contribution < -0.4 is 0 Å². The maximum Gasteiger partial charge on any atom is 0.225 e. The highest BCUT2D eigenvalue weighted by Gasteiger charge is 2.32. The average molecular weight is 371 g/mol. The van der Waals surface area contributed by atoms with Gasteiger partial charge in [-0.15, -0.1) is 0 Å². The number of nitrogens with zero attached hydrogens (tertiary/aromatic N) is 3. The molecule has 1 saturated heterocycles. The van der Waals surface area contributed by atoms with Crippen molar-refractivity contribution in [2.45, 2.75) is 45.6 Å². The van der Waals surface area contributed by atoms with Gasteiger partial charge in [-0.1, -0.05) is 31.2 Å². The molecule has 1 aromatic rings. The smallest absolute Gasteiger partial charge is 0.225 e. The molecule has 0 aliphatic carbocycles. The van der Waals surface area contributed by atoms with E-state index in [2.05, 4.69) is 6.07 Å². The molecular weight excluding hydrogens is 342 g/mol. The van der Waals surface area contributed by atoms with E-state index in [-0.39, 0.29) is 23.8 Å². The van der Waals surface area contributed by atoms with Gasteiger partial charge in [0.1, 0.15) is 0 Å². The van der Waals surface area contributed by atoms with Gasteiger partial charge in [-0.25, -0.2) is 0 Å². The quantitative estimate of drug-likeness (QED) is 0.816. The van der Waals surface area contributed by atoms with Crippen molar-refractivity contribution in [1.29, 1.82) is 0 Å². The molecule has 3 amide bonds. The van der Waals surface area contributed by atoms with Gasteiger partial charge >= 0.3 is 0 Å². The molecular formula is C21H29N3O3. The SMILES string of the molecule is CCC(=O)N1CCCN(C(=O)CC2c3ccccc3CCN2C(C)=O)CC1. The van der Waals surface area contributed by atoms with Crippen LogP contribution >= 0.6 is 0 Å². The summed E-state index contributed by atoms with van der Waals surface area (Å²) in [7, 11) is 0. The molecule has 0 aromatic heterocycles. The molecule has 146 valence electrons. The fourth-order valence-electron chi connectivity index (χ4n) is 4.18. The molecule has 1 aromatic carbocycles. The van der Waals surface area contributed by atoms with Crippen LogP contribution in [0.25, 0.3) is 0 Å². The Labute approximate surface area is 161 Å². The number of carbonyl (C=O) groups excluding carboxylic acids is 3. The van der Waals surface area contributed by atoms with Crippen LogP contribution in [0.3, 0.4) is 0 Å². The lowest BCUT2D eigenvalue weighted by molar-refractivity contribution is -0.137. The van der Waals surface area contributed by atoms with E-state index in [1.807, 2.05) is 39.8 Å². The van der Waals surface area contributed by atoms with Crippen molar-refractivity contribution in [3.8, 4) is 0 Å². The summed E-state index contributed by atoms with van der Waals surface area (Å²) in [5.41, 5.74) is 2.31. The van der Waals surface area contributed by atoms with Crippen molar-refractivity contribution in [2.24, 2.45) is 0 Å². The third-order valence-corrected chi connectivity index (χ3v) is 5.69. The van der Waals surface area contributed by atoms with E-state index >= 15 is 0 Å². The van der Waals surface area contributed by atoms with Crippen LogP contribution in [0.4, 0.5) is 0 Å². The van der Waals surface area contributed by atoms with Crippen molar-refractivity contribution in [3.63, 3.8) is 0 Å². The molecule has 0 saturated carbocycles. The molecule has 6 heteroatoms. The van der Waals surface area contributed by atoms with Crippen molar-refractivity contribution in [3.05, 3.63) is 35.4 Å². The number of benzene rings is 1. The summed E-state index contributed by atoms with van der Waals surface area (Å²) in [5.74, 6) is 0.222. The predicted octanol–water partition coefficient (Wildman–Crippen LogP) is 1.99. The summed E-state index contributed by atoms with van der Waals surface area (Å²) in [6, 6.07) is 7.91. The van der Waals surface area contributed by atoms with E-state index in [1.165, 1.54) is 5.56 Å². The summed E-state index contributed by atoms with van der Waals surface area (Å²) >= 11 is 0. The largest absolute Gasteiger partial charge is 0.341 e. The van der Waals surface area contributed by atoms with E-state index in [0.29, 0.717) is 45.6 Å². The Balaban J connectivity index is 1.72. The number of hydrogen-bond acceptors (Lipinski definition) is 3. The van der Waals surface area contributed by atoms with Gasteiger partial charge in [0.05, 0.1) is 12.5 Å². The van der Waals surface area contributed by atoms with Gasteiger partial charge in [0.15, 0.2) is 0 Å². The number of amides is 3. The van der Waals surface area contributed by atoms with E-state index in [4.69, 9.17) is 0 Å². The Bertz CT molecular complexity index is 718. The maximum atomic E-state index is 13.0. The molecule has 2 aliphatic heterocycles. The lowest BCUT2D eigenvalue weighted by Crippen LogP contribution is -2.43. The standard InChI is InChI=1S/C21H29N3O3/c1-3-20(26)22-10-6-11-23(14-13-22)21(27)15-19-18-8-5-4-7-17(18)9-12-24(19)16(2)25/h4-5,7-8,19H,3,6,9-15H2,1-2H3. The van der Waals surface area contributed by atoms with Crippen LogP contribution in [0, 0.1) is 0 Å². The second kappa shape index (κ2) is 8.55. The van der Waals surface area contributed by atoms with E-state index in [0.717, 1.165) is 18.4 Å². The van der Waals surface area contributed by atoms with Crippen LogP contribution in [-0.2, 0) is 20.8 Å². The first kappa shape index (κ1) is 19.4. The van der Waals surface area contributed by atoms with Gasteiger partial charge < -0.3 is 14.7 Å². The summed E-state index contributed by atoms with van der Waals surface area (Å²) in [4.78, 5) is 42.7. The van der Waals surface area contributed by atoms with E-state index in [1.54, 1.807) is 6.92 Å². The zero-order chi connectivity index (χ0) is 19.4. The molecule has 0 radical (unpaired) electrons. The molecule has 1 unspecified atom stereocenters.